The molecule has 2 aliphatic heterocycles. The molecule has 0 radical (unpaired) electrons. The number of aliphatic hydroxyl groups is 3. The summed E-state index contributed by atoms with van der Waals surface area (Å²) in [7, 11) is 0. The van der Waals surface area contributed by atoms with Crippen LogP contribution in [-0.4, -0.2) is 52.3 Å². The summed E-state index contributed by atoms with van der Waals surface area (Å²) in [5.74, 6) is 0.209. The van der Waals surface area contributed by atoms with E-state index >= 15 is 0 Å². The highest BCUT2D eigenvalue weighted by molar-refractivity contribution is 6.00. The van der Waals surface area contributed by atoms with Crippen molar-refractivity contribution in [2.45, 2.75) is 44.1 Å². The van der Waals surface area contributed by atoms with Crippen LogP contribution in [0, 0.1) is 5.92 Å². The lowest BCUT2D eigenvalue weighted by Gasteiger charge is -2.40. The molecule has 3 N–H and O–H groups in total. The zero-order valence-electron chi connectivity index (χ0n) is 16.0. The van der Waals surface area contributed by atoms with Gasteiger partial charge in [0, 0.05) is 12.0 Å². The molecule has 2 heterocycles. The second kappa shape index (κ2) is 8.12. The number of benzene rings is 2. The van der Waals surface area contributed by atoms with Gasteiger partial charge < -0.3 is 29.5 Å². The molecular weight excluding hydrogens is 376 g/mol. The molecule has 2 aromatic rings. The highest BCUT2D eigenvalue weighted by Gasteiger charge is 2.43. The number of fused-ring (bicyclic) bond motifs is 1. The Hall–Kier alpha value is -2.45. The fourth-order valence-electron chi connectivity index (χ4n) is 3.74. The van der Waals surface area contributed by atoms with Gasteiger partial charge in [0.15, 0.2) is 5.78 Å². The molecule has 2 aromatic carbocycles. The van der Waals surface area contributed by atoms with Crippen molar-refractivity contribution in [1.29, 1.82) is 0 Å². The van der Waals surface area contributed by atoms with E-state index in [9.17, 15) is 20.1 Å². The van der Waals surface area contributed by atoms with Gasteiger partial charge in [-0.15, -0.1) is 0 Å². The van der Waals surface area contributed by atoms with E-state index in [2.05, 4.69) is 0 Å². The number of hydrogen-bond donors (Lipinski definition) is 3. The first-order valence-electron chi connectivity index (χ1n) is 9.66. The Labute approximate surface area is 168 Å². The number of Topliss-reactive ketones (excluding diaryl/α,β-unsaturated/α-hetero) is 1. The van der Waals surface area contributed by atoms with Gasteiger partial charge in [0.2, 0.25) is 6.29 Å². The van der Waals surface area contributed by atoms with E-state index < -0.39 is 37.1 Å². The largest absolute Gasteiger partial charge is 0.484 e. The maximum Gasteiger partial charge on any atom is 0.226 e. The molecule has 6 atom stereocenters. The van der Waals surface area contributed by atoms with Crippen molar-refractivity contribution in [1.82, 2.24) is 0 Å². The molecule has 0 aliphatic carbocycles. The van der Waals surface area contributed by atoms with E-state index in [-0.39, 0.29) is 18.3 Å². The van der Waals surface area contributed by atoms with Gasteiger partial charge in [-0.2, -0.15) is 0 Å². The topological polar surface area (TPSA) is 105 Å². The van der Waals surface area contributed by atoms with Gasteiger partial charge in [-0.05, 0) is 17.7 Å². The van der Waals surface area contributed by atoms with Crippen LogP contribution in [0.3, 0.4) is 0 Å². The van der Waals surface area contributed by atoms with Gasteiger partial charge in [0.25, 0.3) is 0 Å². The van der Waals surface area contributed by atoms with Crippen molar-refractivity contribution in [2.75, 3.05) is 6.61 Å². The third-order valence-corrected chi connectivity index (χ3v) is 5.54. The van der Waals surface area contributed by atoms with Crippen LogP contribution in [0.4, 0.5) is 0 Å². The molecule has 0 aromatic heterocycles. The molecule has 7 heteroatoms. The highest BCUT2D eigenvalue weighted by Crippen LogP contribution is 2.38. The first-order valence-corrected chi connectivity index (χ1v) is 9.66. The fraction of sp³-hybridized carbons (Fsp3) is 0.409. The van der Waals surface area contributed by atoms with Gasteiger partial charge in [-0.25, -0.2) is 0 Å². The van der Waals surface area contributed by atoms with Crippen molar-refractivity contribution >= 4 is 5.78 Å². The van der Waals surface area contributed by atoms with Crippen LogP contribution in [0.1, 0.15) is 35.4 Å². The zero-order chi connectivity index (χ0) is 20.5. The molecule has 1 fully saturated rings. The minimum atomic E-state index is -1.08. The van der Waals surface area contributed by atoms with E-state index in [0.29, 0.717) is 17.1 Å². The number of ketones is 1. The summed E-state index contributed by atoms with van der Waals surface area (Å²) in [6.07, 6.45) is -4.11. The predicted molar refractivity (Wildman–Crippen MR) is 103 cm³/mol. The lowest BCUT2D eigenvalue weighted by Crippen LogP contribution is -2.56. The van der Waals surface area contributed by atoms with E-state index in [1.807, 2.05) is 30.3 Å². The summed E-state index contributed by atoms with van der Waals surface area (Å²) in [4.78, 5) is 12.5. The number of ether oxygens (including phenoxy) is 3. The second-order valence-electron chi connectivity index (χ2n) is 7.49. The summed E-state index contributed by atoms with van der Waals surface area (Å²) in [6, 6.07) is 14.4. The third kappa shape index (κ3) is 3.86. The maximum absolute atomic E-state index is 12.5. The molecule has 0 spiro atoms. The van der Waals surface area contributed by atoms with Crippen molar-refractivity contribution in [3.05, 3.63) is 59.7 Å². The average Bonchev–Trinajstić information content (AvgIpc) is 2.74. The van der Waals surface area contributed by atoms with Gasteiger partial charge in [-0.1, -0.05) is 37.3 Å². The van der Waals surface area contributed by atoms with Crippen molar-refractivity contribution in [3.63, 3.8) is 0 Å². The fourth-order valence-corrected chi connectivity index (χ4v) is 3.74. The van der Waals surface area contributed by atoms with Gasteiger partial charge in [0.1, 0.15) is 29.8 Å². The van der Waals surface area contributed by atoms with Crippen molar-refractivity contribution in [3.8, 4) is 11.5 Å². The van der Waals surface area contributed by atoms with Gasteiger partial charge in [-0.3, -0.25) is 4.79 Å². The number of rotatable bonds is 4. The number of hydrogen-bond acceptors (Lipinski definition) is 7. The number of aliphatic hydroxyl groups excluding tert-OH is 3. The predicted octanol–water partition coefficient (Wildman–Crippen LogP) is 1.85. The first-order chi connectivity index (χ1) is 14.0. The van der Waals surface area contributed by atoms with Crippen molar-refractivity contribution in [2.24, 2.45) is 5.92 Å². The Morgan fingerprint density at radius 3 is 2.59 bits per heavy atom. The molecule has 0 amide bonds. The molecule has 4 rings (SSSR count). The molecule has 0 saturated carbocycles. The number of carbonyl (C=O) groups is 1. The maximum atomic E-state index is 12.5. The Morgan fingerprint density at radius 2 is 1.86 bits per heavy atom. The monoisotopic (exact) mass is 400 g/mol. The Kier molecular flexibility index (Phi) is 5.56. The zero-order valence-corrected chi connectivity index (χ0v) is 16.0. The molecule has 0 bridgehead atoms. The van der Waals surface area contributed by atoms with Crippen LogP contribution in [0.5, 0.6) is 11.5 Å². The lowest BCUT2D eigenvalue weighted by molar-refractivity contribution is -0.260. The minimum absolute atomic E-state index is 0.0160. The van der Waals surface area contributed by atoms with Crippen LogP contribution in [-0.2, 0) is 4.74 Å². The summed E-state index contributed by atoms with van der Waals surface area (Å²) in [5.41, 5.74) is 1.39. The van der Waals surface area contributed by atoms with Crippen LogP contribution in [0.25, 0.3) is 0 Å². The SMILES string of the molecule is C[C@@H]1[C@@H](O)[C@H](Oc2ccc3c(c2)OC(c2ccccc2)CC3=O)O[C@H](CO)[C@H]1O. The van der Waals surface area contributed by atoms with Crippen LogP contribution in [0.2, 0.25) is 0 Å². The first kappa shape index (κ1) is 19.8. The van der Waals surface area contributed by atoms with E-state index in [4.69, 9.17) is 14.2 Å². The minimum Gasteiger partial charge on any atom is -0.484 e. The number of carbonyl (C=O) groups excluding carboxylic acids is 1. The molecule has 154 valence electrons. The van der Waals surface area contributed by atoms with E-state index in [0.717, 1.165) is 5.56 Å². The van der Waals surface area contributed by atoms with E-state index in [1.54, 1.807) is 25.1 Å². The van der Waals surface area contributed by atoms with E-state index in [1.165, 1.54) is 0 Å². The second-order valence-corrected chi connectivity index (χ2v) is 7.49. The smallest absolute Gasteiger partial charge is 0.226 e. The Bertz CT molecular complexity index is 867. The molecule has 1 unspecified atom stereocenters. The Morgan fingerprint density at radius 1 is 1.10 bits per heavy atom. The summed E-state index contributed by atoms with van der Waals surface area (Å²) in [6.45, 7) is 1.27. The van der Waals surface area contributed by atoms with Crippen LogP contribution >= 0.6 is 0 Å². The lowest BCUT2D eigenvalue weighted by atomic mass is 9.91. The highest BCUT2D eigenvalue weighted by atomic mass is 16.7. The molecular formula is C22H24O7. The van der Waals surface area contributed by atoms with Crippen LogP contribution in [0.15, 0.2) is 48.5 Å². The molecule has 1 saturated heterocycles. The molecule has 7 nitrogen and oxygen atoms in total. The normalized spacial score (nSPS) is 31.7. The van der Waals surface area contributed by atoms with Gasteiger partial charge >= 0.3 is 0 Å². The summed E-state index contributed by atoms with van der Waals surface area (Å²) >= 11 is 0. The van der Waals surface area contributed by atoms with Crippen LogP contribution < -0.4 is 9.47 Å². The molecule has 29 heavy (non-hydrogen) atoms. The molecule has 2 aliphatic rings. The average molecular weight is 400 g/mol. The summed E-state index contributed by atoms with van der Waals surface area (Å²) in [5, 5.41) is 29.8. The quantitative estimate of drug-likeness (QED) is 0.719. The standard InChI is InChI=1S/C22H24O7/c1-12-20(25)19(11-23)29-22(21(12)26)27-14-7-8-15-16(24)10-17(28-18(15)9-14)13-5-3-2-4-6-13/h2-9,12,17,19-23,25-26H,10-11H2,1H3/t12-,17?,19+,20-,21+,22+/m0/s1. The van der Waals surface area contributed by atoms with Gasteiger partial charge in [0.05, 0.1) is 24.7 Å². The third-order valence-electron chi connectivity index (χ3n) is 5.54. The van der Waals surface area contributed by atoms with Crippen molar-refractivity contribution < 1.29 is 34.3 Å². The summed E-state index contributed by atoms with van der Waals surface area (Å²) < 4.78 is 17.3. The Balaban J connectivity index is 1.54.